The van der Waals surface area contributed by atoms with Crippen molar-refractivity contribution in [2.75, 3.05) is 0 Å². The first kappa shape index (κ1) is 12.2. The van der Waals surface area contributed by atoms with Crippen molar-refractivity contribution < 1.29 is 0 Å². The van der Waals surface area contributed by atoms with Crippen molar-refractivity contribution in [2.45, 2.75) is 0 Å². The Morgan fingerprint density at radius 3 is 2.80 bits per heavy atom. The molecule has 4 heteroatoms. The molecule has 0 N–H and O–H groups in total. The number of rotatable bonds is 0. The van der Waals surface area contributed by atoms with Gasteiger partial charge in [0, 0.05) is 32.8 Å². The fraction of sp³-hybridized carbons (Fsp3) is 0.0625. The number of aromatic nitrogens is 2. The van der Waals surface area contributed by atoms with E-state index in [0.717, 1.165) is 42.7 Å². The molecule has 0 bridgehead atoms. The molecule has 0 aliphatic carbocycles. The Balaban J connectivity index is 2.25. The smallest absolute Gasteiger partial charge is 0.0887 e. The van der Waals surface area contributed by atoms with Crippen LogP contribution in [0.5, 0.6) is 0 Å². The Hall–Kier alpha value is -1.58. The maximum absolute atomic E-state index is 6.12. The van der Waals surface area contributed by atoms with Gasteiger partial charge in [-0.2, -0.15) is 0 Å². The van der Waals surface area contributed by atoms with E-state index in [2.05, 4.69) is 39.7 Å². The van der Waals surface area contributed by atoms with E-state index in [4.69, 9.17) is 16.6 Å². The molecule has 2 heterocycles. The van der Waals surface area contributed by atoms with E-state index in [9.17, 15) is 0 Å². The average Bonchev–Trinajstić information content (AvgIpc) is 2.77. The largest absolute Gasteiger partial charge is 0.342 e. The van der Waals surface area contributed by atoms with E-state index < -0.39 is 0 Å². The first-order valence-electron chi connectivity index (χ1n) is 6.27. The van der Waals surface area contributed by atoms with E-state index in [1.807, 2.05) is 30.3 Å². The second kappa shape index (κ2) is 4.21. The predicted octanol–water partition coefficient (Wildman–Crippen LogP) is 5.25. The molecule has 0 unspecified atom stereocenters. The third kappa shape index (κ3) is 1.67. The zero-order valence-electron chi connectivity index (χ0n) is 10.7. The van der Waals surface area contributed by atoms with Crippen molar-refractivity contribution in [3.63, 3.8) is 0 Å². The molecular formula is C16H10BrClN2. The van der Waals surface area contributed by atoms with Crippen LogP contribution in [0.3, 0.4) is 0 Å². The van der Waals surface area contributed by atoms with Gasteiger partial charge in [-0.3, -0.25) is 0 Å². The van der Waals surface area contributed by atoms with Crippen LogP contribution in [-0.2, 0) is 7.05 Å². The van der Waals surface area contributed by atoms with Gasteiger partial charge in [0.25, 0.3) is 0 Å². The van der Waals surface area contributed by atoms with E-state index in [1.165, 1.54) is 0 Å². The minimum absolute atomic E-state index is 0.748. The maximum atomic E-state index is 6.12. The highest BCUT2D eigenvalue weighted by molar-refractivity contribution is 9.10. The predicted molar refractivity (Wildman–Crippen MR) is 87.6 cm³/mol. The molecule has 0 amide bonds. The number of hydrogen-bond acceptors (Lipinski definition) is 1. The maximum Gasteiger partial charge on any atom is 0.0887 e. The quantitative estimate of drug-likeness (QED) is 0.426. The summed E-state index contributed by atoms with van der Waals surface area (Å²) in [6.07, 6.45) is 0. The fourth-order valence-electron chi connectivity index (χ4n) is 2.77. The molecule has 0 spiro atoms. The number of pyridine rings is 1. The number of benzene rings is 2. The molecule has 98 valence electrons. The number of aryl methyl sites for hydroxylation is 1. The van der Waals surface area contributed by atoms with E-state index in [0.29, 0.717) is 0 Å². The summed E-state index contributed by atoms with van der Waals surface area (Å²) in [5.41, 5.74) is 4.27. The third-order valence-electron chi connectivity index (χ3n) is 3.68. The van der Waals surface area contributed by atoms with Gasteiger partial charge in [0.15, 0.2) is 0 Å². The Morgan fingerprint density at radius 1 is 1.10 bits per heavy atom. The Bertz CT molecular complexity index is 942. The van der Waals surface area contributed by atoms with Crippen LogP contribution in [0.2, 0.25) is 5.02 Å². The Labute approximate surface area is 129 Å². The van der Waals surface area contributed by atoms with Crippen molar-refractivity contribution in [1.29, 1.82) is 0 Å². The van der Waals surface area contributed by atoms with Crippen molar-refractivity contribution >= 4 is 49.3 Å². The number of nitrogens with zero attached hydrogens (tertiary/aromatic N) is 2. The molecule has 2 aliphatic rings. The Kier molecular flexibility index (Phi) is 2.56. The lowest BCUT2D eigenvalue weighted by Gasteiger charge is -2.12. The van der Waals surface area contributed by atoms with Gasteiger partial charge >= 0.3 is 0 Å². The topological polar surface area (TPSA) is 17.8 Å². The second-order valence-corrected chi connectivity index (χ2v) is 6.27. The lowest BCUT2D eigenvalue weighted by molar-refractivity contribution is 0.967. The van der Waals surface area contributed by atoms with Crippen molar-refractivity contribution in [3.05, 3.63) is 52.0 Å². The third-order valence-corrected chi connectivity index (χ3v) is 4.41. The van der Waals surface area contributed by atoms with Gasteiger partial charge in [0.05, 0.1) is 16.9 Å². The molecule has 20 heavy (non-hydrogen) atoms. The van der Waals surface area contributed by atoms with E-state index in [1.54, 1.807) is 0 Å². The molecule has 4 rings (SSSR count). The van der Waals surface area contributed by atoms with Crippen LogP contribution in [0.4, 0.5) is 0 Å². The molecule has 2 aromatic rings. The molecule has 2 aromatic carbocycles. The summed E-state index contributed by atoms with van der Waals surface area (Å²) in [5, 5.41) is 3.04. The molecule has 2 aliphatic heterocycles. The monoisotopic (exact) mass is 344 g/mol. The zero-order valence-corrected chi connectivity index (χ0v) is 13.0. The summed E-state index contributed by atoms with van der Waals surface area (Å²) in [6.45, 7) is 0. The van der Waals surface area contributed by atoms with Crippen LogP contribution < -0.4 is 0 Å². The van der Waals surface area contributed by atoms with Crippen molar-refractivity contribution in [3.8, 4) is 11.4 Å². The highest BCUT2D eigenvalue weighted by Crippen LogP contribution is 2.35. The van der Waals surface area contributed by atoms with Crippen LogP contribution >= 0.6 is 27.5 Å². The molecule has 0 saturated heterocycles. The summed E-state index contributed by atoms with van der Waals surface area (Å²) >= 11 is 9.65. The van der Waals surface area contributed by atoms with Gasteiger partial charge in [-0.05, 0) is 36.4 Å². The van der Waals surface area contributed by atoms with Crippen LogP contribution in [0.15, 0.2) is 46.9 Å². The summed E-state index contributed by atoms with van der Waals surface area (Å²) in [5.74, 6) is 0. The summed E-state index contributed by atoms with van der Waals surface area (Å²) < 4.78 is 3.23. The summed E-state index contributed by atoms with van der Waals surface area (Å²) in [6, 6.07) is 14.2. The fourth-order valence-corrected chi connectivity index (χ4v) is 3.29. The van der Waals surface area contributed by atoms with Gasteiger partial charge in [-0.1, -0.05) is 33.6 Å². The molecule has 0 saturated carbocycles. The van der Waals surface area contributed by atoms with Gasteiger partial charge < -0.3 is 4.57 Å². The van der Waals surface area contributed by atoms with Crippen molar-refractivity contribution in [2.24, 2.45) is 7.05 Å². The van der Waals surface area contributed by atoms with Crippen LogP contribution in [0.1, 0.15) is 0 Å². The van der Waals surface area contributed by atoms with Crippen LogP contribution in [0, 0.1) is 0 Å². The number of halogens is 2. The van der Waals surface area contributed by atoms with E-state index in [-0.39, 0.29) is 0 Å². The lowest BCUT2D eigenvalue weighted by Crippen LogP contribution is -1.98. The minimum Gasteiger partial charge on any atom is -0.342 e. The van der Waals surface area contributed by atoms with Crippen molar-refractivity contribution in [1.82, 2.24) is 9.55 Å². The summed E-state index contributed by atoms with van der Waals surface area (Å²) in [7, 11) is 2.06. The highest BCUT2D eigenvalue weighted by Gasteiger charge is 2.16. The van der Waals surface area contributed by atoms with Gasteiger partial charge in [0.1, 0.15) is 0 Å². The van der Waals surface area contributed by atoms with E-state index >= 15 is 0 Å². The summed E-state index contributed by atoms with van der Waals surface area (Å²) in [4.78, 5) is 4.72. The SMILES string of the molecule is Cn1c2c3cc(Br)ccc3nc-2cc2ccc(Cl)cc21. The molecule has 0 aromatic heterocycles. The van der Waals surface area contributed by atoms with Crippen LogP contribution in [-0.4, -0.2) is 9.55 Å². The first-order valence-corrected chi connectivity index (χ1v) is 7.44. The normalized spacial score (nSPS) is 11.8. The van der Waals surface area contributed by atoms with Gasteiger partial charge in [-0.25, -0.2) is 4.98 Å². The number of hydrogen-bond donors (Lipinski definition) is 0. The zero-order chi connectivity index (χ0) is 13.9. The van der Waals surface area contributed by atoms with Gasteiger partial charge in [0.2, 0.25) is 0 Å². The molecule has 0 radical (unpaired) electrons. The van der Waals surface area contributed by atoms with Gasteiger partial charge in [-0.15, -0.1) is 0 Å². The average molecular weight is 346 g/mol. The Morgan fingerprint density at radius 2 is 1.95 bits per heavy atom. The first-order chi connectivity index (χ1) is 9.63. The van der Waals surface area contributed by atoms with Crippen LogP contribution in [0.25, 0.3) is 33.2 Å². The molecular weight excluding hydrogens is 336 g/mol. The highest BCUT2D eigenvalue weighted by atomic mass is 79.9. The molecule has 0 atom stereocenters. The molecule has 2 nitrogen and oxygen atoms in total. The number of fused-ring (bicyclic) bond motifs is 4. The second-order valence-electron chi connectivity index (χ2n) is 4.91. The minimum atomic E-state index is 0.748. The molecule has 0 fully saturated rings. The lowest BCUT2D eigenvalue weighted by atomic mass is 10.1. The standard InChI is InChI=1S/C16H10BrClN2/c1-20-15-8-11(18)4-2-9(15)6-14-16(20)12-7-10(17)3-5-13(12)19-14/h2-8H,1H3.